The Morgan fingerprint density at radius 2 is 2.32 bits per heavy atom. The molecule has 0 fully saturated rings. The zero-order valence-corrected chi connectivity index (χ0v) is 11.6. The summed E-state index contributed by atoms with van der Waals surface area (Å²) in [5, 5.41) is 6.97. The van der Waals surface area contributed by atoms with Crippen molar-refractivity contribution < 1.29 is 9.53 Å². The van der Waals surface area contributed by atoms with Crippen LogP contribution in [0.5, 0.6) is 0 Å². The molecule has 106 valence electrons. The van der Waals surface area contributed by atoms with E-state index in [1.165, 1.54) is 4.68 Å². The van der Waals surface area contributed by atoms with E-state index in [1.807, 2.05) is 6.92 Å². The van der Waals surface area contributed by atoms with Crippen LogP contribution in [0.1, 0.15) is 29.5 Å². The van der Waals surface area contributed by atoms with E-state index in [4.69, 9.17) is 10.5 Å². The lowest BCUT2D eigenvalue weighted by atomic mass is 10.2. The van der Waals surface area contributed by atoms with Crippen molar-refractivity contribution in [3.05, 3.63) is 24.0 Å². The number of aromatic nitrogens is 2. The van der Waals surface area contributed by atoms with Crippen LogP contribution < -0.4 is 11.1 Å². The minimum absolute atomic E-state index is 0.223. The third kappa shape index (κ3) is 4.10. The molecule has 0 bridgehead atoms. The Labute approximate surface area is 113 Å². The molecule has 0 aliphatic rings. The van der Waals surface area contributed by atoms with Crippen LogP contribution in [0.25, 0.3) is 0 Å². The van der Waals surface area contributed by atoms with E-state index in [-0.39, 0.29) is 5.91 Å². The SMILES string of the molecule is C=CCCOCCNC(=O)c1c(N)c(CC)nn1C. The summed E-state index contributed by atoms with van der Waals surface area (Å²) in [6.07, 6.45) is 3.31. The van der Waals surface area contributed by atoms with Crippen molar-refractivity contribution in [3.63, 3.8) is 0 Å². The fraction of sp³-hybridized carbons (Fsp3) is 0.538. The van der Waals surface area contributed by atoms with Crippen molar-refractivity contribution in [3.8, 4) is 0 Å². The van der Waals surface area contributed by atoms with E-state index in [9.17, 15) is 4.79 Å². The Bertz CT molecular complexity index is 440. The second-order valence-electron chi connectivity index (χ2n) is 4.13. The van der Waals surface area contributed by atoms with Crippen molar-refractivity contribution in [1.82, 2.24) is 15.1 Å². The highest BCUT2D eigenvalue weighted by Crippen LogP contribution is 2.16. The number of hydrogen-bond acceptors (Lipinski definition) is 4. The molecule has 1 heterocycles. The van der Waals surface area contributed by atoms with Gasteiger partial charge in [-0.3, -0.25) is 9.48 Å². The summed E-state index contributed by atoms with van der Waals surface area (Å²) in [7, 11) is 1.71. The van der Waals surface area contributed by atoms with Crippen LogP contribution in [0.2, 0.25) is 0 Å². The molecule has 0 aromatic carbocycles. The second-order valence-corrected chi connectivity index (χ2v) is 4.13. The van der Waals surface area contributed by atoms with Crippen molar-refractivity contribution in [2.75, 3.05) is 25.5 Å². The van der Waals surface area contributed by atoms with E-state index in [1.54, 1.807) is 13.1 Å². The van der Waals surface area contributed by atoms with Gasteiger partial charge in [-0.2, -0.15) is 5.10 Å². The molecule has 3 N–H and O–H groups in total. The van der Waals surface area contributed by atoms with Crippen LogP contribution in [0.4, 0.5) is 5.69 Å². The summed E-state index contributed by atoms with van der Waals surface area (Å²) in [4.78, 5) is 12.0. The van der Waals surface area contributed by atoms with Gasteiger partial charge >= 0.3 is 0 Å². The van der Waals surface area contributed by atoms with Crippen molar-refractivity contribution in [1.29, 1.82) is 0 Å². The second kappa shape index (κ2) is 7.58. The van der Waals surface area contributed by atoms with Gasteiger partial charge in [-0.15, -0.1) is 6.58 Å². The molecule has 1 rings (SSSR count). The molecule has 6 nitrogen and oxygen atoms in total. The van der Waals surface area contributed by atoms with Crippen molar-refractivity contribution >= 4 is 11.6 Å². The third-order valence-electron chi connectivity index (χ3n) is 2.71. The fourth-order valence-electron chi connectivity index (χ4n) is 1.72. The molecule has 0 unspecified atom stereocenters. The Hall–Kier alpha value is -1.82. The van der Waals surface area contributed by atoms with E-state index in [0.717, 1.165) is 12.1 Å². The molecule has 0 spiro atoms. The highest BCUT2D eigenvalue weighted by Gasteiger charge is 2.18. The van der Waals surface area contributed by atoms with Gasteiger partial charge in [0, 0.05) is 13.6 Å². The minimum atomic E-state index is -0.223. The molecule has 0 atom stereocenters. The Balaban J connectivity index is 2.45. The molecule has 1 amide bonds. The van der Waals surface area contributed by atoms with E-state index in [2.05, 4.69) is 17.0 Å². The first-order valence-electron chi connectivity index (χ1n) is 6.40. The van der Waals surface area contributed by atoms with Gasteiger partial charge < -0.3 is 15.8 Å². The van der Waals surface area contributed by atoms with Gasteiger partial charge in [0.25, 0.3) is 5.91 Å². The van der Waals surface area contributed by atoms with Crippen LogP contribution in [-0.4, -0.2) is 35.4 Å². The number of nitrogens with two attached hydrogens (primary N) is 1. The van der Waals surface area contributed by atoms with Crippen LogP contribution >= 0.6 is 0 Å². The summed E-state index contributed by atoms with van der Waals surface area (Å²) in [5.41, 5.74) is 7.50. The van der Waals surface area contributed by atoms with Crippen LogP contribution in [0.3, 0.4) is 0 Å². The molecule has 1 aromatic heterocycles. The smallest absolute Gasteiger partial charge is 0.271 e. The Kier molecular flexibility index (Phi) is 6.08. The average molecular weight is 266 g/mol. The van der Waals surface area contributed by atoms with Crippen LogP contribution in [-0.2, 0) is 18.2 Å². The number of anilines is 1. The lowest BCUT2D eigenvalue weighted by Crippen LogP contribution is -2.29. The average Bonchev–Trinajstić information content (AvgIpc) is 2.68. The van der Waals surface area contributed by atoms with Crippen molar-refractivity contribution in [2.24, 2.45) is 7.05 Å². The van der Waals surface area contributed by atoms with Gasteiger partial charge in [0.1, 0.15) is 5.69 Å². The quantitative estimate of drug-likeness (QED) is 0.540. The zero-order chi connectivity index (χ0) is 14.3. The van der Waals surface area contributed by atoms with Gasteiger partial charge in [-0.05, 0) is 12.8 Å². The molecular weight excluding hydrogens is 244 g/mol. The Morgan fingerprint density at radius 1 is 1.58 bits per heavy atom. The predicted octanol–water partition coefficient (Wildman–Crippen LogP) is 0.887. The number of nitrogens with zero attached hydrogens (tertiary/aromatic N) is 2. The molecule has 19 heavy (non-hydrogen) atoms. The first-order valence-corrected chi connectivity index (χ1v) is 6.40. The fourth-order valence-corrected chi connectivity index (χ4v) is 1.72. The molecule has 0 saturated heterocycles. The zero-order valence-electron chi connectivity index (χ0n) is 11.6. The Morgan fingerprint density at radius 3 is 2.89 bits per heavy atom. The van der Waals surface area contributed by atoms with Gasteiger partial charge in [-0.1, -0.05) is 13.0 Å². The highest BCUT2D eigenvalue weighted by atomic mass is 16.5. The summed E-state index contributed by atoms with van der Waals surface area (Å²) in [6.45, 7) is 7.09. The molecule has 6 heteroatoms. The monoisotopic (exact) mass is 266 g/mol. The third-order valence-corrected chi connectivity index (χ3v) is 2.71. The van der Waals surface area contributed by atoms with Crippen molar-refractivity contribution in [2.45, 2.75) is 19.8 Å². The maximum Gasteiger partial charge on any atom is 0.271 e. The number of rotatable bonds is 8. The topological polar surface area (TPSA) is 82.2 Å². The lowest BCUT2D eigenvalue weighted by molar-refractivity contribution is 0.0909. The minimum Gasteiger partial charge on any atom is -0.395 e. The highest BCUT2D eigenvalue weighted by molar-refractivity contribution is 5.97. The van der Waals surface area contributed by atoms with Gasteiger partial charge in [0.2, 0.25) is 0 Å². The summed E-state index contributed by atoms with van der Waals surface area (Å²) >= 11 is 0. The summed E-state index contributed by atoms with van der Waals surface area (Å²) < 4.78 is 6.82. The number of nitrogens with one attached hydrogen (secondary N) is 1. The van der Waals surface area contributed by atoms with Gasteiger partial charge in [0.15, 0.2) is 0 Å². The largest absolute Gasteiger partial charge is 0.395 e. The van der Waals surface area contributed by atoms with Crippen LogP contribution in [0.15, 0.2) is 12.7 Å². The number of carbonyl (C=O) groups excluding carboxylic acids is 1. The van der Waals surface area contributed by atoms with Crippen LogP contribution in [0, 0.1) is 0 Å². The molecule has 1 aromatic rings. The van der Waals surface area contributed by atoms with E-state index < -0.39 is 0 Å². The standard InChI is InChI=1S/C13H22N4O2/c1-4-6-8-19-9-7-15-13(18)12-11(14)10(5-2)16-17(12)3/h4H,1,5-9,14H2,2-3H3,(H,15,18). The summed E-state index contributed by atoms with van der Waals surface area (Å²) in [5.74, 6) is -0.223. The molecule has 0 aliphatic carbocycles. The summed E-state index contributed by atoms with van der Waals surface area (Å²) in [6, 6.07) is 0. The maximum atomic E-state index is 12.0. The maximum absolute atomic E-state index is 12.0. The number of nitrogen functional groups attached to an aromatic ring is 1. The first-order chi connectivity index (χ1) is 9.11. The molecule has 0 radical (unpaired) electrons. The van der Waals surface area contributed by atoms with Gasteiger partial charge in [0.05, 0.1) is 24.6 Å². The number of carbonyl (C=O) groups is 1. The molecular formula is C13H22N4O2. The number of hydrogen-bond donors (Lipinski definition) is 2. The number of amides is 1. The number of aryl methyl sites for hydroxylation is 2. The van der Waals surface area contributed by atoms with E-state index in [0.29, 0.717) is 37.6 Å². The van der Waals surface area contributed by atoms with Gasteiger partial charge in [-0.25, -0.2) is 0 Å². The van der Waals surface area contributed by atoms with E-state index >= 15 is 0 Å². The number of ether oxygens (including phenoxy) is 1. The first kappa shape index (κ1) is 15.2. The lowest BCUT2D eigenvalue weighted by Gasteiger charge is -2.06. The molecule has 0 aliphatic heterocycles. The normalized spacial score (nSPS) is 10.4. The predicted molar refractivity (Wildman–Crippen MR) is 75.0 cm³/mol. The molecule has 0 saturated carbocycles.